The minimum absolute atomic E-state index is 0.0222. The maximum absolute atomic E-state index is 10.3. The van der Waals surface area contributed by atoms with E-state index in [-0.39, 0.29) is 6.04 Å². The molecule has 170 valence electrons. The Kier molecular flexibility index (Phi) is 7.84. The highest BCUT2D eigenvalue weighted by molar-refractivity contribution is 5.62. The van der Waals surface area contributed by atoms with Crippen molar-refractivity contribution in [1.82, 2.24) is 0 Å². The van der Waals surface area contributed by atoms with Gasteiger partial charge in [0.25, 0.3) is 0 Å². The van der Waals surface area contributed by atoms with Gasteiger partial charge < -0.3 is 16.2 Å². The van der Waals surface area contributed by atoms with Crippen LogP contribution >= 0.6 is 0 Å². The number of nitrogens with two attached hydrogens (primary N) is 1. The van der Waals surface area contributed by atoms with E-state index in [1.54, 1.807) is 6.07 Å². The number of phenolic OH excluding ortho intramolecular Hbond substituents is 1. The number of rotatable bonds is 9. The average molecular weight is 431 g/mol. The molecule has 0 radical (unpaired) electrons. The highest BCUT2D eigenvalue weighted by Crippen LogP contribution is 2.32. The molecule has 0 aliphatic rings. The summed E-state index contributed by atoms with van der Waals surface area (Å²) in [5.41, 5.74) is 17.3. The van der Waals surface area contributed by atoms with Gasteiger partial charge in [-0.1, -0.05) is 70.2 Å². The third-order valence-corrected chi connectivity index (χ3v) is 6.47. The summed E-state index contributed by atoms with van der Waals surface area (Å²) in [5, 5.41) is 14.0. The zero-order valence-corrected chi connectivity index (χ0v) is 20.3. The summed E-state index contributed by atoms with van der Waals surface area (Å²) in [6.07, 6.45) is 4.74. The molecule has 0 aromatic heterocycles. The Balaban J connectivity index is 1.95. The molecule has 1 unspecified atom stereocenters. The Morgan fingerprint density at radius 3 is 1.72 bits per heavy atom. The minimum atomic E-state index is 0.0222. The van der Waals surface area contributed by atoms with Gasteiger partial charge in [-0.15, -0.1) is 0 Å². The lowest BCUT2D eigenvalue weighted by atomic mass is 9.92. The maximum Gasteiger partial charge on any atom is 0.120 e. The Morgan fingerprint density at radius 1 is 0.781 bits per heavy atom. The van der Waals surface area contributed by atoms with Crippen molar-refractivity contribution < 1.29 is 5.11 Å². The number of nitrogens with one attached hydrogen (secondary N) is 1. The maximum atomic E-state index is 10.3. The molecule has 0 aliphatic carbocycles. The van der Waals surface area contributed by atoms with Crippen LogP contribution in [-0.2, 0) is 32.1 Å². The van der Waals surface area contributed by atoms with Crippen LogP contribution < -0.4 is 11.1 Å². The Morgan fingerprint density at radius 2 is 1.25 bits per heavy atom. The summed E-state index contributed by atoms with van der Waals surface area (Å²) in [4.78, 5) is 0. The molecule has 0 bridgehead atoms. The first-order valence-electron chi connectivity index (χ1n) is 12.0. The summed E-state index contributed by atoms with van der Waals surface area (Å²) in [6, 6.07) is 16.8. The highest BCUT2D eigenvalue weighted by atomic mass is 16.3. The molecule has 0 aliphatic heterocycles. The summed E-state index contributed by atoms with van der Waals surface area (Å²) in [7, 11) is 0. The van der Waals surface area contributed by atoms with Gasteiger partial charge in [-0.25, -0.2) is 0 Å². The van der Waals surface area contributed by atoms with Crippen LogP contribution in [0.5, 0.6) is 5.75 Å². The van der Waals surface area contributed by atoms with Crippen molar-refractivity contribution in [1.29, 1.82) is 0 Å². The number of phenols is 1. The van der Waals surface area contributed by atoms with Gasteiger partial charge in [0.05, 0.1) is 6.04 Å². The molecule has 1 atom stereocenters. The predicted octanol–water partition coefficient (Wildman–Crippen LogP) is 6.99. The molecule has 3 rings (SSSR count). The van der Waals surface area contributed by atoms with Crippen LogP contribution in [0, 0.1) is 0 Å². The Hall–Kier alpha value is -2.94. The van der Waals surface area contributed by atoms with E-state index in [4.69, 9.17) is 5.73 Å². The molecule has 0 spiro atoms. The van der Waals surface area contributed by atoms with Crippen LogP contribution in [0.25, 0.3) is 0 Å². The number of nitrogen functional groups attached to an aromatic ring is 1. The second kappa shape index (κ2) is 10.6. The number of anilines is 2. The van der Waals surface area contributed by atoms with E-state index in [2.05, 4.69) is 64.2 Å². The van der Waals surface area contributed by atoms with Gasteiger partial charge in [-0.2, -0.15) is 0 Å². The second-order valence-corrected chi connectivity index (χ2v) is 8.63. The van der Waals surface area contributed by atoms with E-state index in [0.29, 0.717) is 5.75 Å². The molecular formula is C29H38N2O. The molecule has 3 aromatic rings. The van der Waals surface area contributed by atoms with Crippen molar-refractivity contribution in [3.8, 4) is 5.75 Å². The normalized spacial score (nSPS) is 12.0. The molecule has 4 N–H and O–H groups in total. The third-order valence-electron chi connectivity index (χ3n) is 6.47. The van der Waals surface area contributed by atoms with Gasteiger partial charge in [-0.05, 0) is 78.5 Å². The lowest BCUT2D eigenvalue weighted by Gasteiger charge is -2.23. The number of aryl methyl sites for hydroxylation is 4. The van der Waals surface area contributed by atoms with Crippen molar-refractivity contribution in [2.24, 2.45) is 0 Å². The van der Waals surface area contributed by atoms with Gasteiger partial charge in [-0.3, -0.25) is 0 Å². The molecule has 0 amide bonds. The summed E-state index contributed by atoms with van der Waals surface area (Å²) >= 11 is 0. The highest BCUT2D eigenvalue weighted by Gasteiger charge is 2.15. The SMILES string of the molecule is CCc1cc(Cc2cc(CC)c(NC(C)c3ccccc3O)c(CC)c2)cc(CC)c1N. The van der Waals surface area contributed by atoms with Gasteiger partial charge >= 0.3 is 0 Å². The third kappa shape index (κ3) is 5.09. The van der Waals surface area contributed by atoms with Crippen molar-refractivity contribution >= 4 is 11.4 Å². The van der Waals surface area contributed by atoms with Crippen LogP contribution in [0.15, 0.2) is 48.5 Å². The lowest BCUT2D eigenvalue weighted by molar-refractivity contribution is 0.465. The second-order valence-electron chi connectivity index (χ2n) is 8.63. The molecule has 0 saturated heterocycles. The van der Waals surface area contributed by atoms with Crippen LogP contribution in [0.3, 0.4) is 0 Å². The van der Waals surface area contributed by atoms with E-state index >= 15 is 0 Å². The Labute approximate surface area is 193 Å². The fourth-order valence-electron chi connectivity index (χ4n) is 4.61. The topological polar surface area (TPSA) is 58.3 Å². The van der Waals surface area contributed by atoms with Crippen LogP contribution in [-0.4, -0.2) is 5.11 Å². The van der Waals surface area contributed by atoms with Gasteiger partial charge in [0.2, 0.25) is 0 Å². The fourth-order valence-corrected chi connectivity index (χ4v) is 4.61. The summed E-state index contributed by atoms with van der Waals surface area (Å²) in [6.45, 7) is 10.9. The quantitative estimate of drug-likeness (QED) is 0.321. The van der Waals surface area contributed by atoms with Gasteiger partial charge in [0, 0.05) is 16.9 Å². The lowest BCUT2D eigenvalue weighted by Crippen LogP contribution is -2.11. The van der Waals surface area contributed by atoms with Gasteiger partial charge in [0.15, 0.2) is 0 Å². The minimum Gasteiger partial charge on any atom is -0.508 e. The predicted molar refractivity (Wildman–Crippen MR) is 138 cm³/mol. The van der Waals surface area contributed by atoms with E-state index in [1.807, 2.05) is 18.2 Å². The standard InChI is InChI=1S/C29H38N2O/c1-6-22-15-20(16-23(7-2)28(22)30)14-21-17-24(8-3)29(25(9-4)18-21)31-19(5)26-12-10-11-13-27(26)32/h10-13,15-19,31-32H,6-9,14,30H2,1-5H3. The number of hydrogen-bond acceptors (Lipinski definition) is 3. The van der Waals surface area contributed by atoms with E-state index in [0.717, 1.165) is 43.4 Å². The average Bonchev–Trinajstić information content (AvgIpc) is 2.80. The summed E-state index contributed by atoms with van der Waals surface area (Å²) < 4.78 is 0. The molecule has 0 fully saturated rings. The number of aromatic hydroxyl groups is 1. The first-order valence-corrected chi connectivity index (χ1v) is 12.0. The molecular weight excluding hydrogens is 392 g/mol. The van der Waals surface area contributed by atoms with Crippen molar-refractivity contribution in [3.63, 3.8) is 0 Å². The molecule has 32 heavy (non-hydrogen) atoms. The monoisotopic (exact) mass is 430 g/mol. The number of hydrogen-bond donors (Lipinski definition) is 3. The van der Waals surface area contributed by atoms with Gasteiger partial charge in [0.1, 0.15) is 5.75 Å². The van der Waals surface area contributed by atoms with E-state index in [9.17, 15) is 5.11 Å². The molecule has 3 nitrogen and oxygen atoms in total. The fraction of sp³-hybridized carbons (Fsp3) is 0.379. The summed E-state index contributed by atoms with van der Waals surface area (Å²) in [5.74, 6) is 0.335. The first-order chi connectivity index (χ1) is 15.4. The molecule has 3 heteroatoms. The molecule has 0 heterocycles. The van der Waals surface area contributed by atoms with Crippen molar-refractivity contribution in [3.05, 3.63) is 87.5 Å². The largest absolute Gasteiger partial charge is 0.508 e. The van der Waals surface area contributed by atoms with E-state index in [1.165, 1.54) is 39.1 Å². The van der Waals surface area contributed by atoms with Crippen molar-refractivity contribution in [2.45, 2.75) is 72.8 Å². The van der Waals surface area contributed by atoms with E-state index < -0.39 is 0 Å². The molecule has 3 aromatic carbocycles. The first kappa shape index (κ1) is 23.7. The number of benzene rings is 3. The van der Waals surface area contributed by atoms with Crippen LogP contribution in [0.1, 0.15) is 79.6 Å². The zero-order valence-electron chi connectivity index (χ0n) is 20.3. The smallest absolute Gasteiger partial charge is 0.120 e. The number of para-hydroxylation sites is 1. The Bertz CT molecular complexity index is 1020. The van der Waals surface area contributed by atoms with Crippen LogP contribution in [0.4, 0.5) is 11.4 Å². The van der Waals surface area contributed by atoms with Crippen molar-refractivity contribution in [2.75, 3.05) is 11.1 Å². The molecule has 0 saturated carbocycles. The van der Waals surface area contributed by atoms with Crippen LogP contribution in [0.2, 0.25) is 0 Å². The zero-order chi connectivity index (χ0) is 23.3.